The predicted molar refractivity (Wildman–Crippen MR) is 517 cm³/mol. The van der Waals surface area contributed by atoms with Crippen molar-refractivity contribution in [1.29, 1.82) is 0 Å². The highest BCUT2D eigenvalue weighted by Crippen LogP contribution is 2.57. The molecular formula is C105H103Cl4F10N3O21S. The number of hydrogen-bond acceptors (Lipinski definition) is 21. The van der Waals surface area contributed by atoms with Crippen molar-refractivity contribution in [2.24, 2.45) is 0 Å². The van der Waals surface area contributed by atoms with E-state index in [9.17, 15) is 68.9 Å². The topological polar surface area (TPSA) is 310 Å². The summed E-state index contributed by atoms with van der Waals surface area (Å²) in [5.74, 6) is -2.74. The summed E-state index contributed by atoms with van der Waals surface area (Å²) < 4.78 is 215. The average molecular weight is 2110 g/mol. The van der Waals surface area contributed by atoms with Crippen LogP contribution in [0.15, 0.2) is 231 Å². The Morgan fingerprint density at radius 3 is 0.979 bits per heavy atom. The lowest BCUT2D eigenvalue weighted by Gasteiger charge is -2.28. The third kappa shape index (κ3) is 26.5. The molecular weight excluding hydrogens is 2000 g/mol. The Morgan fingerprint density at radius 1 is 0.403 bits per heavy atom. The summed E-state index contributed by atoms with van der Waals surface area (Å²) in [6.07, 6.45) is -11.9. The number of aromatic nitrogens is 2. The first-order valence-electron chi connectivity index (χ1n) is 44.7. The molecule has 39 heteroatoms. The maximum absolute atomic E-state index is 16.0. The monoisotopic (exact) mass is 2100 g/mol. The van der Waals surface area contributed by atoms with Crippen LogP contribution >= 0.6 is 44.6 Å². The number of halogens is 14. The van der Waals surface area contributed by atoms with Crippen LogP contribution < -0.4 is 43.6 Å². The van der Waals surface area contributed by atoms with Crippen LogP contribution in [0.4, 0.5) is 49.6 Å². The number of benzene rings is 10. The lowest BCUT2D eigenvalue weighted by molar-refractivity contribution is -0.287. The van der Waals surface area contributed by atoms with Crippen molar-refractivity contribution in [2.75, 3.05) is 32.2 Å². The SMILES string of the molecule is C.C.CC(C)(COCc1ccccc1)c1cc2cc(CC(=O)C3(c4ccc5c(c4)OC(F)(F)O5)CC3)c(F)cc2n1C[C@@H](O)COCc1ccccc1.CC(C)(COCc1ccccc1)c1cc2cc(N)c(F)cc2n1C[C@@H](O)COCc1ccccc1.O=C(Cl)C1(c2ccc3c(c2)OC(F)(F)O3)CC1.O=C(Cl)C1(c2ccc3c(c2)OC(F)(F)O3)CC1.O=C(O)C1(c2ccc3c(c2)OC(F)(F)O3)CC1.O=S(=O)(Cl)Cl. The van der Waals surface area contributed by atoms with Gasteiger partial charge in [-0.1, -0.05) is 188 Å². The Hall–Kier alpha value is -11.9. The Morgan fingerprint density at radius 2 is 0.681 bits per heavy atom. The number of aliphatic hydroxyl groups is 2. The van der Waals surface area contributed by atoms with Crippen LogP contribution in [0.5, 0.6) is 46.0 Å². The maximum atomic E-state index is 16.0. The second-order valence-electron chi connectivity index (χ2n) is 36.7. The van der Waals surface area contributed by atoms with Crippen molar-refractivity contribution in [3.05, 3.63) is 304 Å². The lowest BCUT2D eigenvalue weighted by atomic mass is 9.87. The molecule has 4 aliphatic heterocycles. The number of hydrogen-bond donors (Lipinski definition) is 4. The van der Waals surface area contributed by atoms with E-state index in [4.69, 9.17) is 61.4 Å². The van der Waals surface area contributed by atoms with Gasteiger partial charge in [0, 0.05) is 66.8 Å². The van der Waals surface area contributed by atoms with E-state index in [0.29, 0.717) is 124 Å². The number of fused-ring (bicyclic) bond motifs is 6. The molecule has 768 valence electrons. The third-order valence-corrected chi connectivity index (χ3v) is 25.8. The number of ether oxygens (including phenoxy) is 12. The Balaban J connectivity index is 0.000000160. The maximum Gasteiger partial charge on any atom is 0.586 e. The van der Waals surface area contributed by atoms with Crippen molar-refractivity contribution in [3.8, 4) is 46.0 Å². The molecule has 8 aliphatic rings. The van der Waals surface area contributed by atoms with Gasteiger partial charge in [-0.3, -0.25) is 19.2 Å². The van der Waals surface area contributed by atoms with Gasteiger partial charge in [0.1, 0.15) is 17.4 Å². The van der Waals surface area contributed by atoms with Crippen molar-refractivity contribution >= 4 is 103 Å². The van der Waals surface area contributed by atoms with Gasteiger partial charge in [0.25, 0.3) is 0 Å². The average Bonchev–Trinajstić information content (AvgIpc) is 1.57. The normalized spacial score (nSPS) is 17.2. The summed E-state index contributed by atoms with van der Waals surface area (Å²) in [6, 6.07) is 66.7. The summed E-state index contributed by atoms with van der Waals surface area (Å²) in [7, 11) is 4.81. The van der Waals surface area contributed by atoms with E-state index in [-0.39, 0.29) is 111 Å². The minimum absolute atomic E-state index is 0. The first-order chi connectivity index (χ1) is 67.0. The number of nitrogen functional groups attached to an aromatic ring is 1. The van der Waals surface area contributed by atoms with Gasteiger partial charge in [0.05, 0.1) is 117 Å². The van der Waals surface area contributed by atoms with Gasteiger partial charge in [-0.2, -0.15) is 8.42 Å². The zero-order chi connectivity index (χ0) is 102. The summed E-state index contributed by atoms with van der Waals surface area (Å²) in [4.78, 5) is 47.5. The molecule has 4 aliphatic carbocycles. The number of nitrogens with two attached hydrogens (primary N) is 1. The fourth-order valence-electron chi connectivity index (χ4n) is 17.1. The van der Waals surface area contributed by atoms with Crippen molar-refractivity contribution < 1.29 is 144 Å². The van der Waals surface area contributed by atoms with Gasteiger partial charge in [0.2, 0.25) is 10.5 Å². The highest BCUT2D eigenvalue weighted by Gasteiger charge is 2.57. The zero-order valence-corrected chi connectivity index (χ0v) is 80.2. The fraction of sp³-hybridized carbons (Fsp3) is 0.352. The number of carboxylic acids is 1. The molecule has 0 spiro atoms. The molecule has 144 heavy (non-hydrogen) atoms. The van der Waals surface area contributed by atoms with Gasteiger partial charge in [-0.05, 0) is 204 Å². The standard InChI is InChI=1S/C41H40F3NO6.C29H33FN2O3.2C11H7ClF2O3.C11H8F2O4.2CH4.Cl2O2S/c1-39(2,26-49-24-28-11-7-4-8-12-28)37-18-30-17-29(19-38(47)40(15-16-40)31-13-14-35-36(20-31)51-41(43,44)50-35)33(42)21-34(30)45(37)22-32(46)25-48-23-27-9-5-3-6-10-27;1-29(2,20-35-18-22-11-7-4-8-12-22)28-14-23-13-26(31)25(30)15-27(23)32(28)16-24(33)19-34-17-21-9-5-3-6-10-21;2*12-9(15)10(3-4-10)6-1-2-7-8(5-6)17-11(13,14)16-7;12-11(13)16-7-2-1-6(5-8(7)17-11)10(3-4-10)9(14)15;;;1-5(2,3)4/h3-14,17-18,20-21,32,46H,15-16,19,22-26H2,1-2H3;3-15,24,33H,16-20,31H2,1-2H3;2*1-2,5H,3-4H2;1-2,5H,3-4H2,(H,14,15);2*1H4;/t32-;24-;;;;;;/m11....../s1. The van der Waals surface area contributed by atoms with Crippen LogP contribution in [-0.2, 0) is 125 Å². The van der Waals surface area contributed by atoms with E-state index in [1.165, 1.54) is 66.7 Å². The number of aliphatic hydroxyl groups excluding tert-OH is 2. The van der Waals surface area contributed by atoms with E-state index in [1.807, 2.05) is 156 Å². The first-order valence-corrected chi connectivity index (χ1v) is 48.6. The zero-order valence-electron chi connectivity index (χ0n) is 76.4. The minimum Gasteiger partial charge on any atom is -0.481 e. The van der Waals surface area contributed by atoms with Gasteiger partial charge >= 0.3 is 39.4 Å². The molecule has 4 fully saturated rings. The number of aliphatic carboxylic acids is 1. The number of carboxylic acid groups (broad SMARTS) is 1. The minimum atomic E-state index is -3.76. The lowest BCUT2D eigenvalue weighted by Crippen LogP contribution is -2.30. The second-order valence-corrected chi connectivity index (χ2v) is 41.1. The summed E-state index contributed by atoms with van der Waals surface area (Å²) in [5.41, 5.74) is 11.4. The molecule has 4 saturated carbocycles. The first kappa shape index (κ1) is 109. The number of Topliss-reactive ketones (excluding diaryl/α,β-unsaturated/α-hetero) is 1. The molecule has 6 heterocycles. The molecule has 0 saturated heterocycles. The van der Waals surface area contributed by atoms with Crippen molar-refractivity contribution in [3.63, 3.8) is 0 Å². The van der Waals surface area contributed by atoms with E-state index in [1.54, 1.807) is 30.3 Å². The van der Waals surface area contributed by atoms with Gasteiger partial charge in [0.15, 0.2) is 46.0 Å². The molecule has 0 unspecified atom stereocenters. The quantitative estimate of drug-likeness (QED) is 0.0173. The predicted octanol–water partition coefficient (Wildman–Crippen LogP) is 23.2. The van der Waals surface area contributed by atoms with Crippen LogP contribution in [-0.4, -0.2) is 119 Å². The van der Waals surface area contributed by atoms with Gasteiger partial charge < -0.3 is 87.0 Å². The van der Waals surface area contributed by atoms with Crippen molar-refractivity contribution in [1.82, 2.24) is 9.13 Å². The summed E-state index contributed by atoms with van der Waals surface area (Å²) in [6.45, 7) is 11.4. The van der Waals surface area contributed by atoms with Gasteiger partial charge in [-0.25, -0.2) is 8.78 Å². The van der Waals surface area contributed by atoms with Crippen LogP contribution in [0, 0.1) is 11.6 Å². The van der Waals surface area contributed by atoms with Crippen LogP contribution in [0.1, 0.15) is 155 Å². The number of rotatable bonds is 32. The molecule has 10 aromatic carbocycles. The molecule has 24 nitrogen and oxygen atoms in total. The molecule has 5 N–H and O–H groups in total. The van der Waals surface area contributed by atoms with E-state index < -0.39 is 106 Å². The Kier molecular flexibility index (Phi) is 33.3. The molecule has 20 rings (SSSR count). The highest BCUT2D eigenvalue weighted by atomic mass is 36.0. The van der Waals surface area contributed by atoms with Crippen LogP contribution in [0.3, 0.4) is 0 Å². The number of carbonyl (C=O) groups excluding carboxylic acids is 3. The Bertz CT molecular complexity index is 6530. The van der Waals surface area contributed by atoms with E-state index >= 15 is 4.39 Å². The van der Waals surface area contributed by atoms with Gasteiger partial charge in [-0.15, -0.1) is 35.1 Å². The Labute approximate surface area is 841 Å². The number of anilines is 1. The largest absolute Gasteiger partial charge is 0.586 e. The fourth-order valence-corrected chi connectivity index (χ4v) is 17.7. The summed E-state index contributed by atoms with van der Waals surface area (Å²) >= 11 is 11.0. The smallest absolute Gasteiger partial charge is 0.481 e. The molecule has 0 radical (unpaired) electrons. The number of ketones is 1. The molecule has 12 aromatic rings. The van der Waals surface area contributed by atoms with E-state index in [2.05, 4.69) is 73.1 Å². The van der Waals surface area contributed by atoms with Crippen molar-refractivity contribution in [2.45, 2.75) is 210 Å². The number of alkyl halides is 8. The highest BCUT2D eigenvalue weighted by molar-refractivity contribution is 8.31. The molecule has 0 bridgehead atoms. The number of nitrogens with zero attached hydrogens (tertiary/aromatic N) is 2. The van der Waals surface area contributed by atoms with E-state index in [0.717, 1.165) is 44.4 Å². The second kappa shape index (κ2) is 43.8. The third-order valence-electron chi connectivity index (χ3n) is 25.1. The number of carbonyl (C=O) groups is 4. The molecule has 2 aromatic heterocycles. The molecule has 0 amide bonds. The summed E-state index contributed by atoms with van der Waals surface area (Å²) in [5, 5.41) is 31.6. The van der Waals surface area contributed by atoms with Crippen LogP contribution in [0.25, 0.3) is 21.8 Å². The molecule has 2 atom stereocenters. The van der Waals surface area contributed by atoms with Crippen LogP contribution in [0.2, 0.25) is 0 Å².